The highest BCUT2D eigenvalue weighted by molar-refractivity contribution is 6.36. The second-order valence-corrected chi connectivity index (χ2v) is 5.22. The summed E-state index contributed by atoms with van der Waals surface area (Å²) < 4.78 is 0. The molecule has 2 N–H and O–H groups in total. The molecule has 1 aromatic rings. The number of hydrogen-bond donors (Lipinski definition) is 2. The van der Waals surface area contributed by atoms with Crippen molar-refractivity contribution >= 4 is 34.8 Å². The molecule has 94 valence electrons. The van der Waals surface area contributed by atoms with Gasteiger partial charge in [0.25, 0.3) is 0 Å². The molecule has 1 rings (SSSR count). The molecular formula is C12H16Cl2N2O. The molecule has 5 heteroatoms. The molecule has 0 heterocycles. The standard InChI is InChI=1S/C12H16Cl2N2O/c1-7-5-9(14)10(6-8(7)13)16-11(17)12(2,3)15-4/h5-6,15H,1-4H3,(H,16,17). The molecule has 0 fully saturated rings. The second-order valence-electron chi connectivity index (χ2n) is 4.41. The summed E-state index contributed by atoms with van der Waals surface area (Å²) in [5.74, 6) is -0.165. The van der Waals surface area contributed by atoms with Gasteiger partial charge in [0.2, 0.25) is 5.91 Å². The third kappa shape index (κ3) is 3.35. The molecule has 17 heavy (non-hydrogen) atoms. The smallest absolute Gasteiger partial charge is 0.244 e. The Balaban J connectivity index is 2.97. The van der Waals surface area contributed by atoms with Gasteiger partial charge in [-0.05, 0) is 45.5 Å². The zero-order chi connectivity index (χ0) is 13.2. The van der Waals surface area contributed by atoms with Crippen LogP contribution in [0, 0.1) is 6.92 Å². The van der Waals surface area contributed by atoms with E-state index < -0.39 is 5.54 Å². The van der Waals surface area contributed by atoms with Crippen molar-refractivity contribution in [2.24, 2.45) is 0 Å². The molecular weight excluding hydrogens is 259 g/mol. The highest BCUT2D eigenvalue weighted by atomic mass is 35.5. The lowest BCUT2D eigenvalue weighted by Gasteiger charge is -2.23. The van der Waals surface area contributed by atoms with Crippen LogP contribution in [0.1, 0.15) is 19.4 Å². The topological polar surface area (TPSA) is 41.1 Å². The number of benzene rings is 1. The zero-order valence-corrected chi connectivity index (χ0v) is 11.8. The van der Waals surface area contributed by atoms with Crippen molar-refractivity contribution in [2.45, 2.75) is 26.3 Å². The molecule has 1 aromatic carbocycles. The van der Waals surface area contributed by atoms with Crippen LogP contribution >= 0.6 is 23.2 Å². The van der Waals surface area contributed by atoms with E-state index in [2.05, 4.69) is 10.6 Å². The highest BCUT2D eigenvalue weighted by Gasteiger charge is 2.25. The summed E-state index contributed by atoms with van der Waals surface area (Å²) in [6.45, 7) is 5.43. The lowest BCUT2D eigenvalue weighted by Crippen LogP contribution is -2.47. The SMILES string of the molecule is CNC(C)(C)C(=O)Nc1cc(Cl)c(C)cc1Cl. The largest absolute Gasteiger partial charge is 0.323 e. The van der Waals surface area contributed by atoms with E-state index >= 15 is 0 Å². The summed E-state index contributed by atoms with van der Waals surface area (Å²) >= 11 is 12.0. The number of carbonyl (C=O) groups excluding carboxylic acids is 1. The lowest BCUT2D eigenvalue weighted by molar-refractivity contribution is -0.121. The Hall–Kier alpha value is -0.770. The number of halogens is 2. The average molecular weight is 275 g/mol. The van der Waals surface area contributed by atoms with Gasteiger partial charge in [0.1, 0.15) is 0 Å². The third-order valence-corrected chi connectivity index (χ3v) is 3.41. The Bertz CT molecular complexity index is 444. The maximum atomic E-state index is 11.9. The van der Waals surface area contributed by atoms with Crippen molar-refractivity contribution in [2.75, 3.05) is 12.4 Å². The van der Waals surface area contributed by atoms with Gasteiger partial charge in [0, 0.05) is 5.02 Å². The maximum Gasteiger partial charge on any atom is 0.244 e. The van der Waals surface area contributed by atoms with Gasteiger partial charge in [-0.3, -0.25) is 4.79 Å². The van der Waals surface area contributed by atoms with Crippen LogP contribution in [-0.2, 0) is 4.79 Å². The molecule has 0 aliphatic heterocycles. The van der Waals surface area contributed by atoms with Crippen molar-refractivity contribution in [3.8, 4) is 0 Å². The first-order valence-electron chi connectivity index (χ1n) is 5.24. The van der Waals surface area contributed by atoms with E-state index in [1.54, 1.807) is 33.0 Å². The molecule has 0 spiro atoms. The van der Waals surface area contributed by atoms with Crippen LogP contribution in [0.2, 0.25) is 10.0 Å². The highest BCUT2D eigenvalue weighted by Crippen LogP contribution is 2.29. The number of hydrogen-bond acceptors (Lipinski definition) is 2. The molecule has 0 bridgehead atoms. The normalized spacial score (nSPS) is 11.4. The molecule has 0 atom stereocenters. The lowest BCUT2D eigenvalue weighted by atomic mass is 10.1. The van der Waals surface area contributed by atoms with Crippen LogP contribution < -0.4 is 10.6 Å². The van der Waals surface area contributed by atoms with Crippen molar-refractivity contribution in [3.05, 3.63) is 27.7 Å². The average Bonchev–Trinajstić information content (AvgIpc) is 2.25. The number of amides is 1. The summed E-state index contributed by atoms with van der Waals surface area (Å²) in [5, 5.41) is 6.73. The van der Waals surface area contributed by atoms with Crippen LogP contribution in [0.25, 0.3) is 0 Å². The van der Waals surface area contributed by atoms with E-state index in [9.17, 15) is 4.79 Å². The fourth-order valence-electron chi connectivity index (χ4n) is 1.13. The Labute approximate surface area is 111 Å². The van der Waals surface area contributed by atoms with Crippen LogP contribution in [0.15, 0.2) is 12.1 Å². The van der Waals surface area contributed by atoms with E-state index in [-0.39, 0.29) is 5.91 Å². The first-order valence-corrected chi connectivity index (χ1v) is 5.99. The first-order chi connectivity index (χ1) is 7.77. The third-order valence-electron chi connectivity index (χ3n) is 2.69. The summed E-state index contributed by atoms with van der Waals surface area (Å²) in [4.78, 5) is 11.9. The monoisotopic (exact) mass is 274 g/mol. The number of anilines is 1. The Kier molecular flexibility index (Phi) is 4.42. The summed E-state index contributed by atoms with van der Waals surface area (Å²) in [7, 11) is 1.73. The minimum Gasteiger partial charge on any atom is -0.323 e. The van der Waals surface area contributed by atoms with Crippen LogP contribution in [-0.4, -0.2) is 18.5 Å². The minimum atomic E-state index is -0.666. The molecule has 1 amide bonds. The van der Waals surface area contributed by atoms with E-state index in [0.717, 1.165) is 5.56 Å². The number of carbonyl (C=O) groups is 1. The van der Waals surface area contributed by atoms with Crippen LogP contribution in [0.4, 0.5) is 5.69 Å². The molecule has 0 unspecified atom stereocenters. The minimum absolute atomic E-state index is 0.165. The quantitative estimate of drug-likeness (QED) is 0.889. The van der Waals surface area contributed by atoms with Crippen molar-refractivity contribution in [1.29, 1.82) is 0 Å². The predicted molar refractivity (Wildman–Crippen MR) is 73.0 cm³/mol. The first kappa shape index (κ1) is 14.3. The van der Waals surface area contributed by atoms with Gasteiger partial charge in [0.05, 0.1) is 16.2 Å². The Morgan fingerprint density at radius 3 is 2.35 bits per heavy atom. The number of nitrogens with one attached hydrogen (secondary N) is 2. The van der Waals surface area contributed by atoms with Gasteiger partial charge in [-0.2, -0.15) is 0 Å². The van der Waals surface area contributed by atoms with Gasteiger partial charge in [0.15, 0.2) is 0 Å². The van der Waals surface area contributed by atoms with Gasteiger partial charge in [-0.15, -0.1) is 0 Å². The molecule has 0 saturated carbocycles. The Morgan fingerprint density at radius 2 is 1.82 bits per heavy atom. The van der Waals surface area contributed by atoms with Crippen molar-refractivity contribution < 1.29 is 4.79 Å². The fourth-order valence-corrected chi connectivity index (χ4v) is 1.56. The van der Waals surface area contributed by atoms with Crippen LogP contribution in [0.3, 0.4) is 0 Å². The van der Waals surface area contributed by atoms with Gasteiger partial charge >= 0.3 is 0 Å². The predicted octanol–water partition coefficient (Wildman–Crippen LogP) is 3.24. The Morgan fingerprint density at radius 1 is 1.24 bits per heavy atom. The van der Waals surface area contributed by atoms with Crippen molar-refractivity contribution in [1.82, 2.24) is 5.32 Å². The van der Waals surface area contributed by atoms with E-state index in [0.29, 0.717) is 15.7 Å². The van der Waals surface area contributed by atoms with Gasteiger partial charge < -0.3 is 10.6 Å². The maximum absolute atomic E-state index is 11.9. The molecule has 3 nitrogen and oxygen atoms in total. The fraction of sp³-hybridized carbons (Fsp3) is 0.417. The zero-order valence-electron chi connectivity index (χ0n) is 10.3. The number of likely N-dealkylation sites (N-methyl/N-ethyl adjacent to an activating group) is 1. The molecule has 0 aliphatic carbocycles. The van der Waals surface area contributed by atoms with Gasteiger partial charge in [-0.1, -0.05) is 23.2 Å². The van der Waals surface area contributed by atoms with E-state index in [4.69, 9.17) is 23.2 Å². The summed E-state index contributed by atoms with van der Waals surface area (Å²) in [5.41, 5.74) is 0.735. The van der Waals surface area contributed by atoms with E-state index in [1.807, 2.05) is 6.92 Å². The van der Waals surface area contributed by atoms with Crippen LogP contribution in [0.5, 0.6) is 0 Å². The molecule has 0 saturated heterocycles. The molecule has 0 radical (unpaired) electrons. The summed E-state index contributed by atoms with van der Waals surface area (Å²) in [6, 6.07) is 3.38. The number of aryl methyl sites for hydroxylation is 1. The second kappa shape index (κ2) is 5.25. The number of rotatable bonds is 3. The van der Waals surface area contributed by atoms with E-state index in [1.165, 1.54) is 0 Å². The van der Waals surface area contributed by atoms with Crippen molar-refractivity contribution in [3.63, 3.8) is 0 Å². The summed E-state index contributed by atoms with van der Waals surface area (Å²) in [6.07, 6.45) is 0. The van der Waals surface area contributed by atoms with Gasteiger partial charge in [-0.25, -0.2) is 0 Å². The molecule has 0 aromatic heterocycles. The molecule has 0 aliphatic rings.